The molecule has 198 valence electrons. The predicted molar refractivity (Wildman–Crippen MR) is 128 cm³/mol. The van der Waals surface area contributed by atoms with Crippen LogP contribution in [0.15, 0.2) is 48.7 Å². The van der Waals surface area contributed by atoms with Crippen molar-refractivity contribution in [1.29, 1.82) is 0 Å². The molecule has 1 amide bonds. The fraction of sp³-hybridized carbons (Fsp3) is 0.286. The van der Waals surface area contributed by atoms with E-state index in [-0.39, 0.29) is 30.9 Å². The number of nitrogens with one attached hydrogen (secondary N) is 1. The second kappa shape index (κ2) is 10.4. The van der Waals surface area contributed by atoms with Crippen molar-refractivity contribution in [3.05, 3.63) is 88.1 Å². The molecule has 1 saturated carbocycles. The highest BCUT2D eigenvalue weighted by Crippen LogP contribution is 2.39. The van der Waals surface area contributed by atoms with Crippen LogP contribution in [0, 0.1) is 31.4 Å². The van der Waals surface area contributed by atoms with Crippen molar-refractivity contribution in [2.75, 3.05) is 0 Å². The van der Waals surface area contributed by atoms with Gasteiger partial charge >= 0.3 is 6.18 Å². The first kappa shape index (κ1) is 27.1. The predicted octanol–water partition coefficient (Wildman–Crippen LogP) is 5.61. The number of carbonyl (C=O) groups excluding carboxylic acids is 3. The van der Waals surface area contributed by atoms with Gasteiger partial charge in [0.1, 0.15) is 23.2 Å². The van der Waals surface area contributed by atoms with E-state index in [1.807, 2.05) is 0 Å². The second-order valence-electron chi connectivity index (χ2n) is 9.39. The van der Waals surface area contributed by atoms with Crippen molar-refractivity contribution < 1.29 is 36.3 Å². The maximum absolute atomic E-state index is 14.2. The first-order chi connectivity index (χ1) is 17.8. The van der Waals surface area contributed by atoms with Gasteiger partial charge in [-0.05, 0) is 60.4 Å². The molecule has 1 fully saturated rings. The number of aryl methyl sites for hydroxylation is 2. The van der Waals surface area contributed by atoms with Crippen molar-refractivity contribution in [2.24, 2.45) is 5.92 Å². The van der Waals surface area contributed by atoms with Crippen LogP contribution in [0.3, 0.4) is 0 Å². The van der Waals surface area contributed by atoms with Gasteiger partial charge in [0.05, 0.1) is 11.8 Å². The highest BCUT2D eigenvalue weighted by atomic mass is 19.4. The summed E-state index contributed by atoms with van der Waals surface area (Å²) < 4.78 is 65.6. The Morgan fingerprint density at radius 3 is 2.24 bits per heavy atom. The van der Waals surface area contributed by atoms with Gasteiger partial charge in [-0.1, -0.05) is 12.1 Å². The molecule has 2 unspecified atom stereocenters. The summed E-state index contributed by atoms with van der Waals surface area (Å²) in [6.45, 7) is 3.33. The largest absolute Gasteiger partial charge is 0.416 e. The number of alkyl halides is 3. The summed E-state index contributed by atoms with van der Waals surface area (Å²) in [5.41, 5.74) is 1.57. The van der Waals surface area contributed by atoms with E-state index in [1.165, 1.54) is 12.1 Å². The molecular formula is C28H23F5N2O3. The zero-order valence-electron chi connectivity index (χ0n) is 20.5. The third-order valence-electron chi connectivity index (χ3n) is 6.62. The van der Waals surface area contributed by atoms with Crippen molar-refractivity contribution in [2.45, 2.75) is 45.3 Å². The number of Topliss-reactive ketones (excluding diaryl/α,β-unsaturated/α-hetero) is 2. The third-order valence-corrected chi connectivity index (χ3v) is 6.62. The van der Waals surface area contributed by atoms with Gasteiger partial charge in [0, 0.05) is 36.9 Å². The van der Waals surface area contributed by atoms with Crippen LogP contribution in [0.5, 0.6) is 0 Å². The van der Waals surface area contributed by atoms with E-state index in [2.05, 4.69) is 10.3 Å². The smallest absolute Gasteiger partial charge is 0.352 e. The van der Waals surface area contributed by atoms with E-state index in [1.54, 1.807) is 26.0 Å². The first-order valence-corrected chi connectivity index (χ1v) is 11.8. The average molecular weight is 530 g/mol. The normalized spacial score (nSPS) is 17.7. The molecule has 10 heteroatoms. The molecule has 1 N–H and O–H groups in total. The molecule has 38 heavy (non-hydrogen) atoms. The van der Waals surface area contributed by atoms with Crippen LogP contribution < -0.4 is 5.32 Å². The lowest BCUT2D eigenvalue weighted by Gasteiger charge is -2.17. The molecule has 2 atom stereocenters. The second-order valence-corrected chi connectivity index (χ2v) is 9.39. The molecule has 0 aliphatic heterocycles. The summed E-state index contributed by atoms with van der Waals surface area (Å²) in [7, 11) is 0. The topological polar surface area (TPSA) is 76.1 Å². The highest BCUT2D eigenvalue weighted by molar-refractivity contribution is 6.15. The zero-order valence-corrected chi connectivity index (χ0v) is 20.5. The molecule has 5 nitrogen and oxygen atoms in total. The Morgan fingerprint density at radius 1 is 1.03 bits per heavy atom. The van der Waals surface area contributed by atoms with E-state index < -0.39 is 46.9 Å². The Morgan fingerprint density at radius 2 is 1.66 bits per heavy atom. The number of amides is 1. The molecule has 0 saturated heterocycles. The van der Waals surface area contributed by atoms with Gasteiger partial charge in [-0.25, -0.2) is 8.78 Å². The average Bonchev–Trinajstić information content (AvgIpc) is 3.09. The molecule has 0 bridgehead atoms. The van der Waals surface area contributed by atoms with Crippen LogP contribution in [0.1, 0.15) is 46.6 Å². The van der Waals surface area contributed by atoms with Gasteiger partial charge in [-0.3, -0.25) is 19.4 Å². The number of halogens is 5. The van der Waals surface area contributed by atoms with Crippen LogP contribution in [-0.2, 0) is 27.1 Å². The SMILES string of the molecule is Cc1cc(-c2ncc(F)cc2F)cc(C)c1C1C(=O)CC(CC(=O)NCc2ccc(C(F)(F)F)cc2)C1=O. The Labute approximate surface area is 215 Å². The summed E-state index contributed by atoms with van der Waals surface area (Å²) >= 11 is 0. The van der Waals surface area contributed by atoms with Crippen LogP contribution in [0.25, 0.3) is 11.3 Å². The standard InChI is InChI=1S/C28H23F5N2O3/c1-14-7-17(26-21(30)11-20(29)13-35-26)8-15(2)24(14)25-22(36)9-18(27(25)38)10-23(37)34-12-16-3-5-19(6-4-16)28(31,32)33/h3-8,11,13,18,25H,9-10,12H2,1-2H3,(H,34,37). The van der Waals surface area contributed by atoms with Gasteiger partial charge < -0.3 is 5.32 Å². The number of rotatable bonds is 6. The lowest BCUT2D eigenvalue weighted by molar-refractivity contribution is -0.137. The summed E-state index contributed by atoms with van der Waals surface area (Å²) in [5, 5.41) is 2.58. The molecular weight excluding hydrogens is 507 g/mol. The number of hydrogen-bond donors (Lipinski definition) is 1. The van der Waals surface area contributed by atoms with Gasteiger partial charge in [-0.2, -0.15) is 13.2 Å². The van der Waals surface area contributed by atoms with E-state index in [0.29, 0.717) is 27.8 Å². The van der Waals surface area contributed by atoms with Crippen LogP contribution in [0.2, 0.25) is 0 Å². The van der Waals surface area contributed by atoms with E-state index in [9.17, 15) is 36.3 Å². The van der Waals surface area contributed by atoms with Crippen molar-refractivity contribution in [1.82, 2.24) is 10.3 Å². The summed E-state index contributed by atoms with van der Waals surface area (Å²) in [6, 6.07) is 8.23. The minimum Gasteiger partial charge on any atom is -0.352 e. The monoisotopic (exact) mass is 530 g/mol. The fourth-order valence-corrected chi connectivity index (χ4v) is 4.83. The minimum atomic E-state index is -4.46. The minimum absolute atomic E-state index is 0.0249. The molecule has 1 heterocycles. The maximum atomic E-state index is 14.2. The number of carbonyl (C=O) groups is 3. The van der Waals surface area contributed by atoms with E-state index >= 15 is 0 Å². The molecule has 3 aromatic rings. The van der Waals surface area contributed by atoms with E-state index in [0.717, 1.165) is 24.4 Å². The lowest BCUT2D eigenvalue weighted by Crippen LogP contribution is -2.27. The molecule has 0 radical (unpaired) electrons. The number of nitrogens with zero attached hydrogens (tertiary/aromatic N) is 1. The number of benzene rings is 2. The van der Waals surface area contributed by atoms with Crippen LogP contribution >= 0.6 is 0 Å². The van der Waals surface area contributed by atoms with Gasteiger partial charge in [0.25, 0.3) is 0 Å². The Kier molecular flexibility index (Phi) is 7.44. The molecule has 4 rings (SSSR count). The van der Waals surface area contributed by atoms with Gasteiger partial charge in [-0.15, -0.1) is 0 Å². The molecule has 2 aromatic carbocycles. The van der Waals surface area contributed by atoms with Crippen molar-refractivity contribution >= 4 is 17.5 Å². The van der Waals surface area contributed by atoms with Crippen LogP contribution in [-0.4, -0.2) is 22.5 Å². The van der Waals surface area contributed by atoms with Gasteiger partial charge in [0.15, 0.2) is 11.6 Å². The Hall–Kier alpha value is -3.95. The van der Waals surface area contributed by atoms with E-state index in [4.69, 9.17) is 0 Å². The summed E-state index contributed by atoms with van der Waals surface area (Å²) in [4.78, 5) is 42.3. The fourth-order valence-electron chi connectivity index (χ4n) is 4.83. The van der Waals surface area contributed by atoms with Crippen molar-refractivity contribution in [3.8, 4) is 11.3 Å². The molecule has 0 spiro atoms. The Bertz CT molecular complexity index is 1390. The number of pyridine rings is 1. The van der Waals surface area contributed by atoms with Crippen LogP contribution in [0.4, 0.5) is 22.0 Å². The molecule has 1 aromatic heterocycles. The maximum Gasteiger partial charge on any atom is 0.416 e. The molecule has 1 aliphatic rings. The number of hydrogen-bond acceptors (Lipinski definition) is 4. The Balaban J connectivity index is 1.44. The number of ketones is 2. The third kappa shape index (κ3) is 5.64. The lowest BCUT2D eigenvalue weighted by atomic mass is 9.85. The quantitative estimate of drug-likeness (QED) is 0.332. The van der Waals surface area contributed by atoms with Crippen molar-refractivity contribution in [3.63, 3.8) is 0 Å². The highest BCUT2D eigenvalue weighted by Gasteiger charge is 2.44. The van der Waals surface area contributed by atoms with Gasteiger partial charge in [0.2, 0.25) is 5.91 Å². The summed E-state index contributed by atoms with van der Waals surface area (Å²) in [5.74, 6) is -4.79. The zero-order chi connectivity index (χ0) is 27.8. The first-order valence-electron chi connectivity index (χ1n) is 11.8. The number of aromatic nitrogens is 1. The molecule has 1 aliphatic carbocycles. The summed E-state index contributed by atoms with van der Waals surface area (Å²) in [6.07, 6.45) is -3.92.